The third kappa shape index (κ3) is 5.33. The highest BCUT2D eigenvalue weighted by molar-refractivity contribution is 5.98. The maximum absolute atomic E-state index is 12.1. The van der Waals surface area contributed by atoms with Gasteiger partial charge in [0.2, 0.25) is 0 Å². The van der Waals surface area contributed by atoms with Crippen LogP contribution in [0.3, 0.4) is 0 Å². The lowest BCUT2D eigenvalue weighted by atomic mass is 10.1. The van der Waals surface area contributed by atoms with Crippen molar-refractivity contribution < 1.29 is 14.7 Å². The molecule has 1 aromatic rings. The number of rotatable bonds is 8. The molecule has 21 heavy (non-hydrogen) atoms. The van der Waals surface area contributed by atoms with Gasteiger partial charge in [0.15, 0.2) is 5.84 Å². The minimum atomic E-state index is -0.483. The Balaban J connectivity index is 2.62. The minimum absolute atomic E-state index is 0.00892. The first-order chi connectivity index (χ1) is 10.1. The van der Waals surface area contributed by atoms with E-state index in [4.69, 9.17) is 15.7 Å². The summed E-state index contributed by atoms with van der Waals surface area (Å²) in [6, 6.07) is 6.41. The van der Waals surface area contributed by atoms with E-state index in [-0.39, 0.29) is 11.7 Å². The van der Waals surface area contributed by atoms with E-state index in [1.807, 2.05) is 6.92 Å². The first-order valence-corrected chi connectivity index (χ1v) is 7.13. The van der Waals surface area contributed by atoms with Gasteiger partial charge in [0.1, 0.15) is 5.75 Å². The van der Waals surface area contributed by atoms with Crippen molar-refractivity contribution in [2.45, 2.75) is 39.2 Å². The van der Waals surface area contributed by atoms with E-state index in [0.717, 1.165) is 18.6 Å². The molecule has 1 aromatic carbocycles. The average molecular weight is 293 g/mol. The van der Waals surface area contributed by atoms with Gasteiger partial charge in [0.05, 0.1) is 12.6 Å². The molecule has 0 saturated carbocycles. The molecular weight excluding hydrogens is 270 g/mol. The fourth-order valence-corrected chi connectivity index (χ4v) is 1.73. The number of benzene rings is 1. The predicted molar refractivity (Wildman–Crippen MR) is 81.8 cm³/mol. The van der Waals surface area contributed by atoms with Crippen molar-refractivity contribution >= 4 is 11.7 Å². The fraction of sp³-hybridized carbons (Fsp3) is 0.467. The normalized spacial score (nSPS) is 12.8. The van der Waals surface area contributed by atoms with Gasteiger partial charge in [0, 0.05) is 5.56 Å². The summed E-state index contributed by atoms with van der Waals surface area (Å²) in [5, 5.41) is 14.3. The minimum Gasteiger partial charge on any atom is -0.494 e. The van der Waals surface area contributed by atoms with Crippen LogP contribution in [-0.4, -0.2) is 29.6 Å². The van der Waals surface area contributed by atoms with Crippen LogP contribution in [0, 0.1) is 0 Å². The Kier molecular flexibility index (Phi) is 7.08. The van der Waals surface area contributed by atoms with Gasteiger partial charge in [-0.1, -0.05) is 25.4 Å². The number of amides is 1. The molecule has 1 rings (SSSR count). The summed E-state index contributed by atoms with van der Waals surface area (Å²) in [6.45, 7) is 4.61. The lowest BCUT2D eigenvalue weighted by molar-refractivity contribution is 0.0945. The average Bonchev–Trinajstić information content (AvgIpc) is 2.52. The predicted octanol–water partition coefficient (Wildman–Crippen LogP) is 2.12. The van der Waals surface area contributed by atoms with Crippen LogP contribution in [0.1, 0.15) is 43.5 Å². The molecule has 0 saturated heterocycles. The number of unbranched alkanes of at least 4 members (excludes halogenated alkanes) is 1. The van der Waals surface area contributed by atoms with Crippen molar-refractivity contribution in [1.82, 2.24) is 5.32 Å². The largest absolute Gasteiger partial charge is 0.494 e. The Morgan fingerprint density at radius 2 is 2.05 bits per heavy atom. The number of carbonyl (C=O) groups excluding carboxylic acids is 1. The van der Waals surface area contributed by atoms with E-state index in [1.165, 1.54) is 0 Å². The van der Waals surface area contributed by atoms with Gasteiger partial charge in [-0.25, -0.2) is 0 Å². The first-order valence-electron chi connectivity index (χ1n) is 7.13. The van der Waals surface area contributed by atoms with Gasteiger partial charge < -0.3 is 21.0 Å². The Labute approximate surface area is 125 Å². The van der Waals surface area contributed by atoms with Crippen molar-refractivity contribution in [3.8, 4) is 5.75 Å². The Hall–Kier alpha value is -2.24. The topological polar surface area (TPSA) is 96.9 Å². The van der Waals surface area contributed by atoms with E-state index in [2.05, 4.69) is 17.4 Å². The zero-order valence-electron chi connectivity index (χ0n) is 12.5. The molecule has 0 aliphatic heterocycles. The number of amidine groups is 1. The number of hydrogen-bond acceptors (Lipinski definition) is 4. The quantitative estimate of drug-likeness (QED) is 0.225. The monoisotopic (exact) mass is 293 g/mol. The van der Waals surface area contributed by atoms with Crippen LogP contribution in [-0.2, 0) is 0 Å². The van der Waals surface area contributed by atoms with Gasteiger partial charge in [-0.3, -0.25) is 4.79 Å². The van der Waals surface area contributed by atoms with Crippen LogP contribution in [0.2, 0.25) is 0 Å². The van der Waals surface area contributed by atoms with Crippen molar-refractivity contribution in [3.05, 3.63) is 29.8 Å². The Bertz CT molecular complexity index is 472. The van der Waals surface area contributed by atoms with Crippen LogP contribution >= 0.6 is 0 Å². The third-order valence-electron chi connectivity index (χ3n) is 3.07. The summed E-state index contributed by atoms with van der Waals surface area (Å²) in [4.78, 5) is 12.1. The zero-order valence-corrected chi connectivity index (χ0v) is 12.5. The SMILES string of the molecule is CCCCOc1ccc(C(=O)NC(CC)/C(N)=N/O)cc1. The van der Waals surface area contributed by atoms with Crippen molar-refractivity contribution in [2.24, 2.45) is 10.9 Å². The van der Waals surface area contributed by atoms with E-state index in [1.54, 1.807) is 24.3 Å². The summed E-state index contributed by atoms with van der Waals surface area (Å²) in [5.74, 6) is 0.461. The lowest BCUT2D eigenvalue weighted by Crippen LogP contribution is -2.44. The third-order valence-corrected chi connectivity index (χ3v) is 3.07. The first kappa shape index (κ1) is 16.8. The molecule has 0 radical (unpaired) electrons. The van der Waals surface area contributed by atoms with Crippen LogP contribution in [0.15, 0.2) is 29.4 Å². The number of oxime groups is 1. The highest BCUT2D eigenvalue weighted by atomic mass is 16.5. The van der Waals surface area contributed by atoms with E-state index in [9.17, 15) is 4.79 Å². The van der Waals surface area contributed by atoms with Gasteiger partial charge in [-0.2, -0.15) is 0 Å². The summed E-state index contributed by atoms with van der Waals surface area (Å²) >= 11 is 0. The van der Waals surface area contributed by atoms with Crippen molar-refractivity contribution in [3.63, 3.8) is 0 Å². The van der Waals surface area contributed by atoms with E-state index >= 15 is 0 Å². The maximum atomic E-state index is 12.1. The van der Waals surface area contributed by atoms with E-state index in [0.29, 0.717) is 18.6 Å². The lowest BCUT2D eigenvalue weighted by Gasteiger charge is -2.15. The molecule has 1 amide bonds. The molecule has 0 aliphatic rings. The van der Waals surface area contributed by atoms with Gasteiger partial charge in [0.25, 0.3) is 5.91 Å². The summed E-state index contributed by atoms with van der Waals surface area (Å²) < 4.78 is 5.54. The fourth-order valence-electron chi connectivity index (χ4n) is 1.73. The molecule has 0 aliphatic carbocycles. The van der Waals surface area contributed by atoms with Gasteiger partial charge in [-0.15, -0.1) is 0 Å². The molecule has 0 fully saturated rings. The molecule has 1 atom stereocenters. The molecule has 6 nitrogen and oxygen atoms in total. The second kappa shape index (κ2) is 8.84. The molecule has 116 valence electrons. The number of hydrogen-bond donors (Lipinski definition) is 3. The number of nitrogens with zero attached hydrogens (tertiary/aromatic N) is 1. The molecule has 0 bridgehead atoms. The molecule has 6 heteroatoms. The van der Waals surface area contributed by atoms with Crippen LogP contribution in [0.25, 0.3) is 0 Å². The van der Waals surface area contributed by atoms with Crippen molar-refractivity contribution in [1.29, 1.82) is 0 Å². The maximum Gasteiger partial charge on any atom is 0.251 e. The van der Waals surface area contributed by atoms with Crippen molar-refractivity contribution in [2.75, 3.05) is 6.61 Å². The van der Waals surface area contributed by atoms with Crippen LogP contribution in [0.4, 0.5) is 0 Å². The summed E-state index contributed by atoms with van der Waals surface area (Å²) in [6.07, 6.45) is 2.62. The van der Waals surface area contributed by atoms with Gasteiger partial charge >= 0.3 is 0 Å². The summed E-state index contributed by atoms with van der Waals surface area (Å²) in [7, 11) is 0. The summed E-state index contributed by atoms with van der Waals surface area (Å²) in [5.41, 5.74) is 6.01. The number of carbonyl (C=O) groups is 1. The Morgan fingerprint density at radius 3 is 2.57 bits per heavy atom. The highest BCUT2D eigenvalue weighted by Gasteiger charge is 2.15. The number of nitrogens with one attached hydrogen (secondary N) is 1. The van der Waals surface area contributed by atoms with E-state index < -0.39 is 6.04 Å². The highest BCUT2D eigenvalue weighted by Crippen LogP contribution is 2.13. The smallest absolute Gasteiger partial charge is 0.251 e. The standard InChI is InChI=1S/C15H23N3O3/c1-3-5-10-21-12-8-6-11(7-9-12)15(19)17-13(4-2)14(16)18-20/h6-9,13,20H,3-5,10H2,1-2H3,(H2,16,18)(H,17,19). The zero-order chi connectivity index (χ0) is 15.7. The molecular formula is C15H23N3O3. The molecule has 1 unspecified atom stereocenters. The molecule has 0 heterocycles. The van der Waals surface area contributed by atoms with Crippen LogP contribution < -0.4 is 15.8 Å². The number of ether oxygens (including phenoxy) is 1. The second-order valence-corrected chi connectivity index (χ2v) is 4.69. The molecule has 0 spiro atoms. The van der Waals surface area contributed by atoms with Crippen LogP contribution in [0.5, 0.6) is 5.75 Å². The molecule has 0 aromatic heterocycles. The molecule has 4 N–H and O–H groups in total. The second-order valence-electron chi connectivity index (χ2n) is 4.69. The Morgan fingerprint density at radius 1 is 1.38 bits per heavy atom. The van der Waals surface area contributed by atoms with Gasteiger partial charge in [-0.05, 0) is 37.1 Å². The number of nitrogens with two attached hydrogens (primary N) is 1.